The minimum absolute atomic E-state index is 0.0219. The molecule has 4 aromatic rings. The molecule has 2 saturated heterocycles. The Morgan fingerprint density at radius 2 is 1.79 bits per heavy atom. The lowest BCUT2D eigenvalue weighted by atomic mass is 10.1. The zero-order valence-electron chi connectivity index (χ0n) is 22.8. The van der Waals surface area contributed by atoms with E-state index in [0.717, 1.165) is 48.3 Å². The van der Waals surface area contributed by atoms with E-state index in [0.29, 0.717) is 11.2 Å². The fourth-order valence-corrected chi connectivity index (χ4v) is 6.46. The molecule has 3 aromatic carbocycles. The number of benzene rings is 3. The van der Waals surface area contributed by atoms with Crippen LogP contribution in [0.5, 0.6) is 11.5 Å². The molecule has 6 rings (SSSR count). The van der Waals surface area contributed by atoms with Crippen LogP contribution in [-0.2, 0) is 10.2 Å². The number of anilines is 2. The molecule has 0 amide bonds. The van der Waals surface area contributed by atoms with E-state index in [1.165, 1.54) is 29.1 Å². The van der Waals surface area contributed by atoms with E-state index in [4.69, 9.17) is 4.74 Å². The van der Waals surface area contributed by atoms with Gasteiger partial charge >= 0.3 is 10.2 Å². The number of nitrogens with zero attached hydrogens (tertiary/aromatic N) is 5. The summed E-state index contributed by atoms with van der Waals surface area (Å²) in [6.45, 7) is 3.25. The van der Waals surface area contributed by atoms with Gasteiger partial charge in [-0.2, -0.15) is 18.0 Å². The normalized spacial score (nSPS) is 17.6. The van der Waals surface area contributed by atoms with E-state index in [-0.39, 0.29) is 41.9 Å². The van der Waals surface area contributed by atoms with Gasteiger partial charge in [0.15, 0.2) is 11.6 Å². The number of hydrogen-bond donors (Lipinski definition) is 2. The van der Waals surface area contributed by atoms with E-state index < -0.39 is 33.5 Å². The van der Waals surface area contributed by atoms with Crippen LogP contribution in [0.3, 0.4) is 0 Å². The van der Waals surface area contributed by atoms with Gasteiger partial charge in [0.05, 0.1) is 22.3 Å². The lowest BCUT2D eigenvalue weighted by Gasteiger charge is -2.29. The molecule has 3 heterocycles. The lowest BCUT2D eigenvalue weighted by molar-refractivity contribution is 0.343. The fraction of sp³-hybridized carbons (Fsp3) is 0.276. The van der Waals surface area contributed by atoms with Crippen molar-refractivity contribution in [1.29, 1.82) is 5.26 Å². The summed E-state index contributed by atoms with van der Waals surface area (Å²) in [5, 5.41) is 13.3. The maximum Gasteiger partial charge on any atom is 0.301 e. The Morgan fingerprint density at radius 3 is 2.49 bits per heavy atom. The molecule has 2 fully saturated rings. The van der Waals surface area contributed by atoms with Crippen molar-refractivity contribution in [3.8, 4) is 23.3 Å². The average Bonchev–Trinajstić information content (AvgIpc) is 3.47. The number of nitrogens with one attached hydrogen (secondary N) is 2. The summed E-state index contributed by atoms with van der Waals surface area (Å²) in [5.41, 5.74) is 1.02. The molecule has 43 heavy (non-hydrogen) atoms. The van der Waals surface area contributed by atoms with Gasteiger partial charge in [-0.05, 0) is 61.0 Å². The molecule has 222 valence electrons. The second-order valence-electron chi connectivity index (χ2n) is 10.2. The van der Waals surface area contributed by atoms with E-state index in [2.05, 4.69) is 19.9 Å². The molecule has 0 unspecified atom stereocenters. The van der Waals surface area contributed by atoms with Gasteiger partial charge < -0.3 is 15.0 Å². The van der Waals surface area contributed by atoms with E-state index in [9.17, 15) is 27.3 Å². The lowest BCUT2D eigenvalue weighted by Crippen LogP contribution is -2.43. The third kappa shape index (κ3) is 5.74. The zero-order valence-corrected chi connectivity index (χ0v) is 23.7. The van der Waals surface area contributed by atoms with Crippen molar-refractivity contribution in [3.05, 3.63) is 82.7 Å². The number of rotatable bonds is 7. The van der Waals surface area contributed by atoms with Crippen LogP contribution in [0.1, 0.15) is 12.0 Å². The molecular formula is C29H27F2N7O4S. The van der Waals surface area contributed by atoms with E-state index >= 15 is 0 Å². The topological polar surface area (TPSA) is 133 Å². The van der Waals surface area contributed by atoms with Crippen LogP contribution in [0.2, 0.25) is 0 Å². The molecule has 14 heteroatoms. The van der Waals surface area contributed by atoms with Gasteiger partial charge in [0, 0.05) is 45.0 Å². The first-order valence-corrected chi connectivity index (χ1v) is 15.1. The molecule has 11 nitrogen and oxygen atoms in total. The summed E-state index contributed by atoms with van der Waals surface area (Å²) in [5.74, 6) is -1.41. The van der Waals surface area contributed by atoms with Gasteiger partial charge in [-0.3, -0.25) is 14.1 Å². The molecule has 2 N–H and O–H groups in total. The smallest absolute Gasteiger partial charge is 0.301 e. The monoisotopic (exact) mass is 607 g/mol. The van der Waals surface area contributed by atoms with Gasteiger partial charge in [-0.25, -0.2) is 13.8 Å². The molecule has 1 atom stereocenters. The SMILES string of the molecule is N#Cc1c(NS(=O)(=O)N2CC[C@@H](F)C2)ccc(F)c1Oc1ccc2ncn(-c3ccc(N4CCNCC4)cc3)c(=O)c2c1. The first-order chi connectivity index (χ1) is 20.7. The van der Waals surface area contributed by atoms with Crippen LogP contribution in [-0.4, -0.2) is 67.7 Å². The van der Waals surface area contributed by atoms with Crippen LogP contribution < -0.4 is 25.2 Å². The van der Waals surface area contributed by atoms with Crippen molar-refractivity contribution >= 4 is 32.5 Å². The Morgan fingerprint density at radius 1 is 1.05 bits per heavy atom. The summed E-state index contributed by atoms with van der Waals surface area (Å²) < 4.78 is 64.3. The van der Waals surface area contributed by atoms with Crippen LogP contribution >= 0.6 is 0 Å². The van der Waals surface area contributed by atoms with Crippen LogP contribution in [0, 0.1) is 17.1 Å². The van der Waals surface area contributed by atoms with Crippen LogP contribution in [0.25, 0.3) is 16.6 Å². The first kappa shape index (κ1) is 28.5. The second-order valence-corrected chi connectivity index (χ2v) is 11.9. The Bertz CT molecular complexity index is 1890. The number of fused-ring (bicyclic) bond motifs is 1. The Labute approximate surface area is 246 Å². The molecule has 2 aliphatic rings. The highest BCUT2D eigenvalue weighted by Gasteiger charge is 2.32. The van der Waals surface area contributed by atoms with Gasteiger partial charge in [0.1, 0.15) is 29.9 Å². The van der Waals surface area contributed by atoms with E-state index in [1.54, 1.807) is 6.07 Å². The molecule has 0 saturated carbocycles. The number of alkyl halides is 1. The largest absolute Gasteiger partial charge is 0.453 e. The van der Waals surface area contributed by atoms with Gasteiger partial charge in [0.25, 0.3) is 5.56 Å². The molecule has 0 aliphatic carbocycles. The summed E-state index contributed by atoms with van der Waals surface area (Å²) in [4.78, 5) is 20.1. The number of piperazine rings is 1. The van der Waals surface area contributed by atoms with Crippen molar-refractivity contribution in [2.24, 2.45) is 0 Å². The molecular weight excluding hydrogens is 580 g/mol. The number of hydrogen-bond acceptors (Lipinski definition) is 8. The Balaban J connectivity index is 1.30. The maximum absolute atomic E-state index is 14.9. The highest BCUT2D eigenvalue weighted by Crippen LogP contribution is 2.34. The average molecular weight is 608 g/mol. The Kier molecular flexibility index (Phi) is 7.70. The standard InChI is InChI=1S/C29H27F2N7O4S/c30-19-9-12-37(17-19)43(40,41)35-27-8-6-25(31)28(24(27)16-32)42-22-5-7-26-23(15-22)29(39)38(18-34-26)21-3-1-20(2-4-21)36-13-10-33-11-14-36/h1-8,15,18-19,33,35H,9-14,17H2/t19-/m1/s1. The van der Waals surface area contributed by atoms with Crippen molar-refractivity contribution in [2.75, 3.05) is 48.9 Å². The summed E-state index contributed by atoms with van der Waals surface area (Å²) in [6, 6.07) is 15.8. The molecule has 2 aliphatic heterocycles. The predicted octanol–water partition coefficient (Wildman–Crippen LogP) is 3.30. The fourth-order valence-electron chi connectivity index (χ4n) is 5.18. The number of aromatic nitrogens is 2. The second kappa shape index (κ2) is 11.6. The maximum atomic E-state index is 14.9. The predicted molar refractivity (Wildman–Crippen MR) is 157 cm³/mol. The molecule has 1 aromatic heterocycles. The Hall–Kier alpha value is -4.58. The molecule has 0 spiro atoms. The number of nitriles is 1. The summed E-state index contributed by atoms with van der Waals surface area (Å²) in [6.07, 6.45) is 0.201. The summed E-state index contributed by atoms with van der Waals surface area (Å²) in [7, 11) is -4.20. The van der Waals surface area contributed by atoms with E-state index in [1.807, 2.05) is 24.3 Å². The minimum Gasteiger partial charge on any atom is -0.453 e. The van der Waals surface area contributed by atoms with Crippen molar-refractivity contribution in [1.82, 2.24) is 19.2 Å². The summed E-state index contributed by atoms with van der Waals surface area (Å²) >= 11 is 0. The minimum atomic E-state index is -4.20. The third-order valence-corrected chi connectivity index (χ3v) is 8.94. The van der Waals surface area contributed by atoms with Crippen molar-refractivity contribution < 1.29 is 21.9 Å². The highest BCUT2D eigenvalue weighted by atomic mass is 32.2. The van der Waals surface area contributed by atoms with Gasteiger partial charge in [-0.1, -0.05) is 0 Å². The number of halogens is 2. The molecule has 0 bridgehead atoms. The van der Waals surface area contributed by atoms with Gasteiger partial charge in [0.2, 0.25) is 0 Å². The quantitative estimate of drug-likeness (QED) is 0.327. The third-order valence-electron chi connectivity index (χ3n) is 7.45. The molecule has 0 radical (unpaired) electrons. The highest BCUT2D eigenvalue weighted by molar-refractivity contribution is 7.90. The first-order valence-electron chi connectivity index (χ1n) is 13.6. The zero-order chi connectivity index (χ0) is 30.1. The van der Waals surface area contributed by atoms with Crippen molar-refractivity contribution in [2.45, 2.75) is 12.6 Å². The van der Waals surface area contributed by atoms with Gasteiger partial charge in [-0.15, -0.1) is 0 Å². The van der Waals surface area contributed by atoms with Crippen LogP contribution in [0.15, 0.2) is 65.7 Å². The van der Waals surface area contributed by atoms with Crippen molar-refractivity contribution in [3.63, 3.8) is 0 Å². The number of ether oxygens (including phenoxy) is 1. The van der Waals surface area contributed by atoms with Crippen LogP contribution in [0.4, 0.5) is 20.2 Å².